The Morgan fingerprint density at radius 1 is 0.607 bits per heavy atom. The van der Waals surface area contributed by atoms with Gasteiger partial charge in [-0.3, -0.25) is 0 Å². The van der Waals surface area contributed by atoms with Crippen molar-refractivity contribution in [1.29, 1.82) is 0 Å². The van der Waals surface area contributed by atoms with Gasteiger partial charge >= 0.3 is 182 Å². The molecule has 0 saturated heterocycles. The van der Waals surface area contributed by atoms with Crippen LogP contribution in [0.5, 0.6) is 0 Å². The molecule has 28 heavy (non-hydrogen) atoms. The fraction of sp³-hybridized carbons (Fsp3) is 0.958. The van der Waals surface area contributed by atoms with Gasteiger partial charge in [-0.25, -0.2) is 0 Å². The van der Waals surface area contributed by atoms with Crippen molar-refractivity contribution < 1.29 is 10.9 Å². The van der Waals surface area contributed by atoms with Crippen molar-refractivity contribution in [2.75, 3.05) is 6.61 Å². The standard InChI is InChI=1S/C8H16O2.C8H17O.2C4H9.Sn/c1-2-3-4-5-6-7-8(9)10;1-2-3-4-5-6-7-8-9;2*1-3-4-2;/h2-7H2,1H3,(H,9,10);2-8H2,1H3;2*1,3-4H2,2H3;/q;-1;;;+2/p-1. The van der Waals surface area contributed by atoms with Crippen LogP contribution in [0.3, 0.4) is 0 Å². The molecule has 168 valence electrons. The van der Waals surface area contributed by atoms with E-state index in [2.05, 4.69) is 27.7 Å². The van der Waals surface area contributed by atoms with Gasteiger partial charge in [0.2, 0.25) is 0 Å². The molecule has 0 fully saturated rings. The predicted octanol–water partition coefficient (Wildman–Crippen LogP) is 8.31. The van der Waals surface area contributed by atoms with Crippen LogP contribution in [0.1, 0.15) is 130 Å². The third kappa shape index (κ3) is 16.1. The van der Waals surface area contributed by atoms with E-state index < -0.39 is 19.2 Å². The average Bonchev–Trinajstić information content (AvgIpc) is 2.69. The Morgan fingerprint density at radius 3 is 1.61 bits per heavy atom. The van der Waals surface area contributed by atoms with Crippen LogP contribution in [-0.2, 0) is 10.9 Å². The Balaban J connectivity index is 4.54. The number of hydrogen-bond acceptors (Lipinski definition) is 3. The molecule has 0 amide bonds. The van der Waals surface area contributed by atoms with Crippen molar-refractivity contribution in [3.8, 4) is 0 Å². The summed E-state index contributed by atoms with van der Waals surface area (Å²) in [5, 5.41) is 0. The maximum absolute atomic E-state index is 12.6. The van der Waals surface area contributed by atoms with Gasteiger partial charge in [0.15, 0.2) is 0 Å². The molecule has 0 saturated carbocycles. The van der Waals surface area contributed by atoms with Crippen LogP contribution in [0.15, 0.2) is 0 Å². The summed E-state index contributed by atoms with van der Waals surface area (Å²) in [4.78, 5) is 12.6. The zero-order valence-corrected chi connectivity index (χ0v) is 22.5. The first-order chi connectivity index (χ1) is 13.6. The first kappa shape index (κ1) is 28.2. The predicted molar refractivity (Wildman–Crippen MR) is 124 cm³/mol. The Morgan fingerprint density at radius 2 is 1.07 bits per heavy atom. The summed E-state index contributed by atoms with van der Waals surface area (Å²) < 4.78 is 14.9. The van der Waals surface area contributed by atoms with Crippen LogP contribution in [0.4, 0.5) is 0 Å². The van der Waals surface area contributed by atoms with E-state index in [1.807, 2.05) is 0 Å². The molecule has 0 spiro atoms. The molecule has 0 heterocycles. The van der Waals surface area contributed by atoms with E-state index in [1.165, 1.54) is 51.4 Å². The van der Waals surface area contributed by atoms with Gasteiger partial charge in [-0.2, -0.15) is 0 Å². The van der Waals surface area contributed by atoms with Gasteiger partial charge in [0.05, 0.1) is 0 Å². The molecule has 0 aliphatic rings. The van der Waals surface area contributed by atoms with Crippen LogP contribution >= 0.6 is 0 Å². The van der Waals surface area contributed by atoms with E-state index in [0.29, 0.717) is 6.42 Å². The zero-order valence-electron chi connectivity index (χ0n) is 19.7. The molecule has 0 atom stereocenters. The SMILES string of the molecule is CCCCCCCC[O][Sn]([CH2]CCC)([CH2]CCC)[O]C(=O)CCCCCCC. The normalized spacial score (nSPS) is 11.7. The maximum atomic E-state index is 12.6. The van der Waals surface area contributed by atoms with Crippen molar-refractivity contribution >= 4 is 25.2 Å². The molecule has 0 N–H and O–H groups in total. The van der Waals surface area contributed by atoms with E-state index in [9.17, 15) is 4.79 Å². The molecule has 4 heteroatoms. The van der Waals surface area contributed by atoms with Crippen molar-refractivity contribution in [3.63, 3.8) is 0 Å². The number of carbonyl (C=O) groups excluding carboxylic acids is 1. The molecule has 3 nitrogen and oxygen atoms in total. The summed E-state index contributed by atoms with van der Waals surface area (Å²) in [6.45, 7) is 9.73. The second-order valence-corrected chi connectivity index (χ2v) is 17.8. The van der Waals surface area contributed by atoms with Crippen molar-refractivity contribution in [1.82, 2.24) is 0 Å². The first-order valence-electron chi connectivity index (χ1n) is 12.5. The monoisotopic (exact) mass is 506 g/mol. The van der Waals surface area contributed by atoms with Gasteiger partial charge in [0.1, 0.15) is 0 Å². The van der Waals surface area contributed by atoms with Crippen LogP contribution in [0.25, 0.3) is 0 Å². The Hall–Kier alpha value is 0.229. The van der Waals surface area contributed by atoms with Crippen LogP contribution in [-0.4, -0.2) is 31.8 Å². The molecule has 0 aromatic rings. The van der Waals surface area contributed by atoms with Crippen LogP contribution in [0.2, 0.25) is 8.87 Å². The topological polar surface area (TPSA) is 35.5 Å². The fourth-order valence-electron chi connectivity index (χ4n) is 3.57. The van der Waals surface area contributed by atoms with Gasteiger partial charge < -0.3 is 0 Å². The van der Waals surface area contributed by atoms with Crippen molar-refractivity contribution in [2.24, 2.45) is 0 Å². The van der Waals surface area contributed by atoms with Crippen LogP contribution < -0.4 is 0 Å². The summed E-state index contributed by atoms with van der Waals surface area (Å²) in [7, 11) is 0. The molecule has 0 aromatic carbocycles. The summed E-state index contributed by atoms with van der Waals surface area (Å²) in [6, 6.07) is 0. The minimum atomic E-state index is -3.28. The Labute approximate surface area is 181 Å². The van der Waals surface area contributed by atoms with E-state index in [0.717, 1.165) is 60.4 Å². The number of unbranched alkanes of at least 4 members (excludes halogenated alkanes) is 11. The second-order valence-electron chi connectivity index (χ2n) is 8.37. The quantitative estimate of drug-likeness (QED) is 0.116. The third-order valence-corrected chi connectivity index (χ3v) is 15.6. The van der Waals surface area contributed by atoms with Crippen molar-refractivity contribution in [2.45, 2.75) is 139 Å². The number of hydrogen-bond donors (Lipinski definition) is 0. The van der Waals surface area contributed by atoms with Crippen LogP contribution in [0, 0.1) is 0 Å². The average molecular weight is 505 g/mol. The third-order valence-electron chi connectivity index (χ3n) is 5.47. The Bertz CT molecular complexity index is 339. The zero-order chi connectivity index (χ0) is 20.9. The summed E-state index contributed by atoms with van der Waals surface area (Å²) in [6.07, 6.45) is 18.7. The molecular formula is C24H50O3Sn. The molecule has 0 aromatic heterocycles. The molecule has 0 rings (SSSR count). The van der Waals surface area contributed by atoms with Crippen molar-refractivity contribution in [3.05, 3.63) is 0 Å². The van der Waals surface area contributed by atoms with E-state index in [4.69, 9.17) is 6.15 Å². The van der Waals surface area contributed by atoms with Gasteiger partial charge in [0, 0.05) is 0 Å². The molecule has 0 radical (unpaired) electrons. The van der Waals surface area contributed by atoms with Gasteiger partial charge in [0.25, 0.3) is 0 Å². The number of rotatable bonds is 21. The second kappa shape index (κ2) is 20.5. The fourth-order valence-corrected chi connectivity index (χ4v) is 13.9. The molecular weight excluding hydrogens is 455 g/mol. The Kier molecular flexibility index (Phi) is 20.7. The summed E-state index contributed by atoms with van der Waals surface area (Å²) in [5.41, 5.74) is 0. The number of carbonyl (C=O) groups is 1. The molecule has 0 aliphatic carbocycles. The first-order valence-corrected chi connectivity index (χ1v) is 18.9. The summed E-state index contributed by atoms with van der Waals surface area (Å²) in [5.74, 6) is 0.0300. The van der Waals surface area contributed by atoms with Gasteiger partial charge in [-0.1, -0.05) is 0 Å². The van der Waals surface area contributed by atoms with Gasteiger partial charge in [-0.05, 0) is 0 Å². The van der Waals surface area contributed by atoms with Gasteiger partial charge in [-0.15, -0.1) is 0 Å². The van der Waals surface area contributed by atoms with E-state index >= 15 is 0 Å². The van der Waals surface area contributed by atoms with E-state index in [1.54, 1.807) is 0 Å². The molecule has 0 bridgehead atoms. The summed E-state index contributed by atoms with van der Waals surface area (Å²) >= 11 is -3.28. The van der Waals surface area contributed by atoms with E-state index in [-0.39, 0.29) is 5.97 Å². The molecule has 0 unspecified atom stereocenters. The molecule has 0 aliphatic heterocycles. The minimum absolute atomic E-state index is 0.0300.